The third-order valence-corrected chi connectivity index (χ3v) is 4.96. The molecule has 2 heterocycles. The van der Waals surface area contributed by atoms with Crippen molar-refractivity contribution in [3.63, 3.8) is 0 Å². The van der Waals surface area contributed by atoms with E-state index in [9.17, 15) is 8.42 Å². The molecule has 0 atom stereocenters. The van der Waals surface area contributed by atoms with Crippen LogP contribution in [0.15, 0.2) is 29.6 Å². The summed E-state index contributed by atoms with van der Waals surface area (Å²) in [7, 11) is -3.60. The number of hydrogen-bond acceptors (Lipinski definition) is 6. The maximum atomic E-state index is 12.1. The van der Waals surface area contributed by atoms with Crippen molar-refractivity contribution in [3.05, 3.63) is 40.0 Å². The summed E-state index contributed by atoms with van der Waals surface area (Å²) in [6.07, 6.45) is 3.30. The van der Waals surface area contributed by atoms with Crippen LogP contribution in [0.2, 0.25) is 0 Å². The first-order valence-electron chi connectivity index (χ1n) is 6.58. The summed E-state index contributed by atoms with van der Waals surface area (Å²) < 4.78 is 26.8. The topological polar surface area (TPSA) is 84.0 Å². The van der Waals surface area contributed by atoms with Gasteiger partial charge in [0, 0.05) is 23.8 Å². The first-order valence-corrected chi connectivity index (χ1v) is 8.88. The fraction of sp³-hybridized carbons (Fsp3) is 0.385. The second-order valence-corrected chi connectivity index (χ2v) is 7.51. The van der Waals surface area contributed by atoms with Gasteiger partial charge in [-0.3, -0.25) is 0 Å². The molecule has 0 saturated heterocycles. The zero-order valence-corrected chi connectivity index (χ0v) is 13.6. The number of aryl methyl sites for hydroxylation is 1. The fourth-order valence-corrected chi connectivity index (χ4v) is 3.39. The SMILES string of the molecule is CCNCc1ccc(S(=O)(=O)NCc2ncc(C)s2)nc1. The molecule has 21 heavy (non-hydrogen) atoms. The molecule has 114 valence electrons. The lowest BCUT2D eigenvalue weighted by Crippen LogP contribution is -2.24. The molecule has 0 spiro atoms. The minimum Gasteiger partial charge on any atom is -0.313 e. The molecule has 0 unspecified atom stereocenters. The summed E-state index contributed by atoms with van der Waals surface area (Å²) in [6.45, 7) is 5.66. The van der Waals surface area contributed by atoms with E-state index in [2.05, 4.69) is 20.0 Å². The van der Waals surface area contributed by atoms with Gasteiger partial charge in [-0.15, -0.1) is 11.3 Å². The molecule has 0 fully saturated rings. The normalized spacial score (nSPS) is 11.7. The van der Waals surface area contributed by atoms with E-state index in [0.717, 1.165) is 22.0 Å². The number of pyridine rings is 1. The van der Waals surface area contributed by atoms with Gasteiger partial charge in [-0.1, -0.05) is 13.0 Å². The first-order chi connectivity index (χ1) is 10.0. The Balaban J connectivity index is 2.01. The Hall–Kier alpha value is -1.35. The van der Waals surface area contributed by atoms with Crippen LogP contribution >= 0.6 is 11.3 Å². The van der Waals surface area contributed by atoms with E-state index in [1.54, 1.807) is 18.5 Å². The summed E-state index contributed by atoms with van der Waals surface area (Å²) in [5, 5.41) is 3.92. The number of sulfonamides is 1. The van der Waals surface area contributed by atoms with Gasteiger partial charge >= 0.3 is 0 Å². The molecular weight excluding hydrogens is 308 g/mol. The van der Waals surface area contributed by atoms with Crippen LogP contribution in [0.1, 0.15) is 22.4 Å². The second kappa shape index (κ2) is 7.08. The van der Waals surface area contributed by atoms with Crippen LogP contribution in [0, 0.1) is 6.92 Å². The summed E-state index contributed by atoms with van der Waals surface area (Å²) in [6, 6.07) is 3.28. The Morgan fingerprint density at radius 2 is 2.00 bits per heavy atom. The molecule has 0 aliphatic rings. The van der Waals surface area contributed by atoms with Gasteiger partial charge in [-0.2, -0.15) is 0 Å². The zero-order chi connectivity index (χ0) is 15.3. The molecule has 6 nitrogen and oxygen atoms in total. The number of rotatable bonds is 7. The Morgan fingerprint density at radius 1 is 1.19 bits per heavy atom. The molecule has 2 aromatic heterocycles. The van der Waals surface area contributed by atoms with Crippen molar-refractivity contribution in [2.24, 2.45) is 0 Å². The van der Waals surface area contributed by atoms with Crippen molar-refractivity contribution >= 4 is 21.4 Å². The minimum absolute atomic E-state index is 0.0241. The van der Waals surface area contributed by atoms with E-state index < -0.39 is 10.0 Å². The molecule has 0 radical (unpaired) electrons. The lowest BCUT2D eigenvalue weighted by atomic mass is 10.3. The second-order valence-electron chi connectivity index (χ2n) is 4.47. The van der Waals surface area contributed by atoms with Crippen molar-refractivity contribution in [2.75, 3.05) is 6.54 Å². The van der Waals surface area contributed by atoms with E-state index in [1.165, 1.54) is 17.4 Å². The van der Waals surface area contributed by atoms with Gasteiger partial charge < -0.3 is 5.32 Å². The molecule has 0 saturated carbocycles. The van der Waals surface area contributed by atoms with Crippen LogP contribution in [-0.2, 0) is 23.1 Å². The third kappa shape index (κ3) is 4.57. The van der Waals surface area contributed by atoms with E-state index in [1.807, 2.05) is 13.8 Å². The highest BCUT2D eigenvalue weighted by molar-refractivity contribution is 7.89. The largest absolute Gasteiger partial charge is 0.313 e. The average molecular weight is 326 g/mol. The van der Waals surface area contributed by atoms with Crippen molar-refractivity contribution < 1.29 is 8.42 Å². The molecule has 2 aromatic rings. The van der Waals surface area contributed by atoms with Gasteiger partial charge in [0.15, 0.2) is 5.03 Å². The first kappa shape index (κ1) is 16.0. The Labute approximate surface area is 128 Å². The summed E-state index contributed by atoms with van der Waals surface area (Å²) in [5.74, 6) is 0. The molecule has 0 amide bonds. The number of nitrogens with zero attached hydrogens (tertiary/aromatic N) is 2. The summed E-state index contributed by atoms with van der Waals surface area (Å²) >= 11 is 1.47. The Kier molecular flexibility index (Phi) is 5.40. The maximum Gasteiger partial charge on any atom is 0.258 e. The number of thiazole rings is 1. The van der Waals surface area contributed by atoms with Gasteiger partial charge in [0.25, 0.3) is 10.0 Å². The lowest BCUT2D eigenvalue weighted by Gasteiger charge is -2.06. The maximum absolute atomic E-state index is 12.1. The van der Waals surface area contributed by atoms with Gasteiger partial charge in [0.05, 0.1) is 6.54 Å². The van der Waals surface area contributed by atoms with E-state index in [4.69, 9.17) is 0 Å². The third-order valence-electron chi connectivity index (χ3n) is 2.73. The van der Waals surface area contributed by atoms with Crippen molar-refractivity contribution in [2.45, 2.75) is 32.0 Å². The average Bonchev–Trinajstić information content (AvgIpc) is 2.89. The summed E-state index contributed by atoms with van der Waals surface area (Å²) in [4.78, 5) is 9.19. The number of hydrogen-bond donors (Lipinski definition) is 2. The predicted molar refractivity (Wildman–Crippen MR) is 82.5 cm³/mol. The standard InChI is InChI=1S/C13H18N4O2S2/c1-3-14-7-11-4-5-13(16-8-11)21(18,19)17-9-12-15-6-10(2)20-12/h4-6,8,14,17H,3,7,9H2,1-2H3. The number of nitrogens with one attached hydrogen (secondary N) is 2. The van der Waals surface area contributed by atoms with Crippen LogP contribution in [0.25, 0.3) is 0 Å². The quantitative estimate of drug-likeness (QED) is 0.804. The van der Waals surface area contributed by atoms with Crippen LogP contribution in [-0.4, -0.2) is 24.9 Å². The van der Waals surface area contributed by atoms with Gasteiger partial charge in [-0.05, 0) is 25.1 Å². The van der Waals surface area contributed by atoms with Crippen molar-refractivity contribution in [1.29, 1.82) is 0 Å². The molecule has 8 heteroatoms. The molecule has 0 bridgehead atoms. The molecular formula is C13H18N4O2S2. The lowest BCUT2D eigenvalue weighted by molar-refractivity contribution is 0.577. The Morgan fingerprint density at radius 3 is 2.57 bits per heavy atom. The van der Waals surface area contributed by atoms with Crippen LogP contribution in [0.3, 0.4) is 0 Å². The van der Waals surface area contributed by atoms with Gasteiger partial charge in [-0.25, -0.2) is 23.1 Å². The minimum atomic E-state index is -3.60. The Bertz CT molecular complexity index is 680. The fourth-order valence-electron chi connectivity index (χ4n) is 1.66. The van der Waals surface area contributed by atoms with Gasteiger partial charge in [0.2, 0.25) is 0 Å². The van der Waals surface area contributed by atoms with Gasteiger partial charge in [0.1, 0.15) is 5.01 Å². The molecule has 0 aliphatic heterocycles. The highest BCUT2D eigenvalue weighted by Crippen LogP contribution is 2.12. The van der Waals surface area contributed by atoms with E-state index in [0.29, 0.717) is 6.54 Å². The highest BCUT2D eigenvalue weighted by Gasteiger charge is 2.15. The zero-order valence-electron chi connectivity index (χ0n) is 12.0. The van der Waals surface area contributed by atoms with Crippen molar-refractivity contribution in [3.8, 4) is 0 Å². The number of aromatic nitrogens is 2. The molecule has 0 aromatic carbocycles. The monoisotopic (exact) mass is 326 g/mol. The highest BCUT2D eigenvalue weighted by atomic mass is 32.2. The smallest absolute Gasteiger partial charge is 0.258 e. The molecule has 2 rings (SSSR count). The molecule has 2 N–H and O–H groups in total. The molecule has 0 aliphatic carbocycles. The van der Waals surface area contributed by atoms with Crippen LogP contribution in [0.5, 0.6) is 0 Å². The van der Waals surface area contributed by atoms with E-state index >= 15 is 0 Å². The van der Waals surface area contributed by atoms with Crippen LogP contribution < -0.4 is 10.0 Å². The van der Waals surface area contributed by atoms with Crippen molar-refractivity contribution in [1.82, 2.24) is 20.0 Å². The van der Waals surface area contributed by atoms with Crippen LogP contribution in [0.4, 0.5) is 0 Å². The summed E-state index contributed by atoms with van der Waals surface area (Å²) in [5.41, 5.74) is 0.950. The predicted octanol–water partition coefficient (Wildman–Crippen LogP) is 1.43. The van der Waals surface area contributed by atoms with E-state index in [-0.39, 0.29) is 11.6 Å².